The third-order valence-electron chi connectivity index (χ3n) is 1.43. The number of nitrogens with two attached hydrogens (primary N) is 1. The van der Waals surface area contributed by atoms with E-state index < -0.39 is 5.91 Å². The number of hydrogen-bond donors (Lipinski definition) is 2. The van der Waals surface area contributed by atoms with E-state index in [4.69, 9.17) is 5.84 Å². The molecule has 0 bridgehead atoms. The van der Waals surface area contributed by atoms with Gasteiger partial charge in [-0.1, -0.05) is 35.5 Å². The van der Waals surface area contributed by atoms with Crippen molar-refractivity contribution in [2.24, 2.45) is 11.0 Å². The van der Waals surface area contributed by atoms with Gasteiger partial charge in [0.25, 0.3) is 5.91 Å². The van der Waals surface area contributed by atoms with Crippen LogP contribution in [0.25, 0.3) is 0 Å². The van der Waals surface area contributed by atoms with Crippen LogP contribution in [-0.4, -0.2) is 18.7 Å². The van der Waals surface area contributed by atoms with E-state index in [0.717, 1.165) is 5.56 Å². The van der Waals surface area contributed by atoms with Crippen molar-refractivity contribution in [1.82, 2.24) is 5.43 Å². The molecule has 0 atom stereocenters. The molecule has 0 radical (unpaired) electrons. The predicted octanol–water partition coefficient (Wildman–Crippen LogP) is 0.0270. The van der Waals surface area contributed by atoms with Gasteiger partial charge in [-0.05, 0) is 5.56 Å². The number of hydrazine groups is 1. The molecule has 0 spiro atoms. The molecule has 74 valence electrons. The zero-order valence-corrected chi connectivity index (χ0v) is 7.51. The van der Waals surface area contributed by atoms with Crippen LogP contribution in [0.5, 0.6) is 0 Å². The van der Waals surface area contributed by atoms with Crippen molar-refractivity contribution in [3.63, 3.8) is 0 Å². The van der Waals surface area contributed by atoms with Gasteiger partial charge in [0.15, 0.2) is 6.61 Å². The Morgan fingerprint density at radius 2 is 2.21 bits per heavy atom. The Bertz CT molecular complexity index is 311. The van der Waals surface area contributed by atoms with Gasteiger partial charge in [0.2, 0.25) is 0 Å². The minimum Gasteiger partial charge on any atom is -0.386 e. The van der Waals surface area contributed by atoms with Gasteiger partial charge in [-0.3, -0.25) is 10.2 Å². The normalized spacial score (nSPS) is 10.1. The highest BCUT2D eigenvalue weighted by Crippen LogP contribution is 1.93. The second-order valence-corrected chi connectivity index (χ2v) is 2.49. The number of nitrogens with zero attached hydrogens (tertiary/aromatic N) is 1. The summed E-state index contributed by atoms with van der Waals surface area (Å²) < 4.78 is 0. The van der Waals surface area contributed by atoms with E-state index in [9.17, 15) is 4.79 Å². The second kappa shape index (κ2) is 5.71. The van der Waals surface area contributed by atoms with Crippen molar-refractivity contribution in [3.8, 4) is 0 Å². The highest BCUT2D eigenvalue weighted by Gasteiger charge is 1.95. The lowest BCUT2D eigenvalue weighted by molar-refractivity contribution is -0.125. The van der Waals surface area contributed by atoms with E-state index in [1.165, 1.54) is 6.21 Å². The average Bonchev–Trinajstić information content (AvgIpc) is 2.25. The predicted molar refractivity (Wildman–Crippen MR) is 52.3 cm³/mol. The molecular weight excluding hydrogens is 182 g/mol. The molecule has 1 rings (SSSR count). The minimum absolute atomic E-state index is 0.181. The second-order valence-electron chi connectivity index (χ2n) is 2.49. The molecular formula is C9H11N3O2. The van der Waals surface area contributed by atoms with Gasteiger partial charge in [-0.2, -0.15) is 0 Å². The largest absolute Gasteiger partial charge is 0.386 e. The molecule has 0 fully saturated rings. The molecule has 1 aromatic carbocycles. The van der Waals surface area contributed by atoms with Crippen LogP contribution in [-0.2, 0) is 9.63 Å². The highest BCUT2D eigenvalue weighted by atomic mass is 16.6. The SMILES string of the molecule is NNC(=O)CON=Cc1ccccc1. The molecule has 0 aromatic heterocycles. The van der Waals surface area contributed by atoms with Crippen molar-refractivity contribution in [3.05, 3.63) is 35.9 Å². The summed E-state index contributed by atoms with van der Waals surface area (Å²) in [7, 11) is 0. The zero-order chi connectivity index (χ0) is 10.2. The molecule has 1 amide bonds. The lowest BCUT2D eigenvalue weighted by Crippen LogP contribution is -2.32. The van der Waals surface area contributed by atoms with Crippen LogP contribution >= 0.6 is 0 Å². The topological polar surface area (TPSA) is 76.7 Å². The first-order valence-electron chi connectivity index (χ1n) is 4.03. The number of rotatable bonds is 4. The van der Waals surface area contributed by atoms with Gasteiger partial charge in [0.05, 0.1) is 6.21 Å². The number of amides is 1. The average molecular weight is 193 g/mol. The third-order valence-corrected chi connectivity index (χ3v) is 1.43. The number of carbonyl (C=O) groups is 1. The number of carbonyl (C=O) groups excluding carboxylic acids is 1. The lowest BCUT2D eigenvalue weighted by Gasteiger charge is -1.96. The van der Waals surface area contributed by atoms with Gasteiger partial charge < -0.3 is 4.84 Å². The molecule has 0 aliphatic carbocycles. The van der Waals surface area contributed by atoms with E-state index >= 15 is 0 Å². The Morgan fingerprint density at radius 3 is 2.86 bits per heavy atom. The summed E-state index contributed by atoms with van der Waals surface area (Å²) >= 11 is 0. The quantitative estimate of drug-likeness (QED) is 0.306. The molecule has 3 N–H and O–H groups in total. The number of hydrogen-bond acceptors (Lipinski definition) is 4. The fourth-order valence-corrected chi connectivity index (χ4v) is 0.775. The number of benzene rings is 1. The molecule has 14 heavy (non-hydrogen) atoms. The highest BCUT2D eigenvalue weighted by molar-refractivity contribution is 5.79. The fourth-order valence-electron chi connectivity index (χ4n) is 0.775. The van der Waals surface area contributed by atoms with E-state index in [-0.39, 0.29) is 6.61 Å². The van der Waals surface area contributed by atoms with Crippen LogP contribution in [0.2, 0.25) is 0 Å². The molecule has 0 aliphatic rings. The summed E-state index contributed by atoms with van der Waals surface area (Å²) in [4.78, 5) is 15.3. The molecule has 0 saturated carbocycles. The standard InChI is InChI=1S/C9H11N3O2/c10-12-9(13)7-14-11-6-8-4-2-1-3-5-8/h1-6H,7,10H2,(H,12,13). The van der Waals surface area contributed by atoms with Gasteiger partial charge in [0.1, 0.15) is 0 Å². The van der Waals surface area contributed by atoms with Crippen LogP contribution in [0.15, 0.2) is 35.5 Å². The summed E-state index contributed by atoms with van der Waals surface area (Å²) in [5.74, 6) is 4.41. The Kier molecular flexibility index (Phi) is 4.16. The summed E-state index contributed by atoms with van der Waals surface area (Å²) in [5, 5.41) is 3.59. The molecule has 0 saturated heterocycles. The minimum atomic E-state index is -0.421. The zero-order valence-electron chi connectivity index (χ0n) is 7.51. The maximum Gasteiger partial charge on any atom is 0.274 e. The molecule has 0 heterocycles. The summed E-state index contributed by atoms with van der Waals surface area (Å²) in [6.07, 6.45) is 1.52. The Morgan fingerprint density at radius 1 is 1.50 bits per heavy atom. The third kappa shape index (κ3) is 3.68. The monoisotopic (exact) mass is 193 g/mol. The fraction of sp³-hybridized carbons (Fsp3) is 0.111. The van der Waals surface area contributed by atoms with Gasteiger partial charge >= 0.3 is 0 Å². The van der Waals surface area contributed by atoms with Gasteiger partial charge in [-0.25, -0.2) is 5.84 Å². The van der Waals surface area contributed by atoms with Crippen molar-refractivity contribution >= 4 is 12.1 Å². The Balaban J connectivity index is 2.31. The summed E-state index contributed by atoms with van der Waals surface area (Å²) in [6, 6.07) is 9.41. The summed E-state index contributed by atoms with van der Waals surface area (Å²) in [6.45, 7) is -0.181. The lowest BCUT2D eigenvalue weighted by atomic mass is 10.2. The van der Waals surface area contributed by atoms with Crippen LogP contribution in [0, 0.1) is 0 Å². The molecule has 1 aromatic rings. The maximum absolute atomic E-state index is 10.6. The maximum atomic E-state index is 10.6. The van der Waals surface area contributed by atoms with Crippen molar-refractivity contribution < 1.29 is 9.63 Å². The van der Waals surface area contributed by atoms with E-state index in [1.807, 2.05) is 35.8 Å². The number of oxime groups is 1. The van der Waals surface area contributed by atoms with Crippen molar-refractivity contribution in [1.29, 1.82) is 0 Å². The summed E-state index contributed by atoms with van der Waals surface area (Å²) in [5.41, 5.74) is 2.83. The van der Waals surface area contributed by atoms with E-state index in [1.54, 1.807) is 0 Å². The molecule has 0 unspecified atom stereocenters. The van der Waals surface area contributed by atoms with Crippen molar-refractivity contribution in [2.45, 2.75) is 0 Å². The van der Waals surface area contributed by atoms with Gasteiger partial charge in [0, 0.05) is 0 Å². The van der Waals surface area contributed by atoms with Crippen LogP contribution in [0.1, 0.15) is 5.56 Å². The van der Waals surface area contributed by atoms with E-state index in [0.29, 0.717) is 0 Å². The van der Waals surface area contributed by atoms with Crippen LogP contribution in [0.4, 0.5) is 0 Å². The molecule has 5 nitrogen and oxygen atoms in total. The Labute approximate surface area is 81.5 Å². The molecule has 0 aliphatic heterocycles. The van der Waals surface area contributed by atoms with Crippen LogP contribution < -0.4 is 11.3 Å². The van der Waals surface area contributed by atoms with Gasteiger partial charge in [-0.15, -0.1) is 0 Å². The molecule has 5 heteroatoms. The smallest absolute Gasteiger partial charge is 0.274 e. The van der Waals surface area contributed by atoms with Crippen molar-refractivity contribution in [2.75, 3.05) is 6.61 Å². The first kappa shape index (κ1) is 10.2. The van der Waals surface area contributed by atoms with E-state index in [2.05, 4.69) is 9.99 Å². The Hall–Kier alpha value is -1.88. The van der Waals surface area contributed by atoms with Crippen LogP contribution in [0.3, 0.4) is 0 Å². The number of nitrogens with one attached hydrogen (secondary N) is 1. The first-order chi connectivity index (χ1) is 6.83. The first-order valence-corrected chi connectivity index (χ1v) is 4.03.